The Labute approximate surface area is 197 Å². The molecule has 0 aliphatic carbocycles. The van der Waals surface area contributed by atoms with Gasteiger partial charge in [-0.15, -0.1) is 0 Å². The van der Waals surface area contributed by atoms with Crippen molar-refractivity contribution in [3.63, 3.8) is 0 Å². The second kappa shape index (κ2) is 9.46. The molecule has 34 heavy (non-hydrogen) atoms. The molecule has 1 aliphatic rings. The molecular weight excluding hydrogens is 456 g/mol. The molecule has 1 fully saturated rings. The van der Waals surface area contributed by atoms with Crippen LogP contribution < -0.4 is 16.0 Å². The van der Waals surface area contributed by atoms with E-state index in [4.69, 9.17) is 0 Å². The predicted octanol–water partition coefficient (Wildman–Crippen LogP) is 2.08. The molecule has 1 aromatic heterocycles. The Hall–Kier alpha value is -3.40. The Bertz CT molecular complexity index is 1470. The number of para-hydroxylation sites is 1. The van der Waals surface area contributed by atoms with E-state index in [1.165, 1.54) is 29.8 Å². The largest absolute Gasteiger partial charge is 0.343 e. The third-order valence-corrected chi connectivity index (χ3v) is 7.65. The van der Waals surface area contributed by atoms with Gasteiger partial charge in [-0.3, -0.25) is 23.4 Å². The zero-order valence-electron chi connectivity index (χ0n) is 19.3. The smallest absolute Gasteiger partial charge is 0.331 e. The quantitative estimate of drug-likeness (QED) is 0.552. The maximum atomic E-state index is 13.2. The van der Waals surface area contributed by atoms with Gasteiger partial charge in [0.2, 0.25) is 5.91 Å². The van der Waals surface area contributed by atoms with Crippen LogP contribution in [0.2, 0.25) is 0 Å². The zero-order valence-corrected chi connectivity index (χ0v) is 20.1. The van der Waals surface area contributed by atoms with Crippen LogP contribution in [0.3, 0.4) is 0 Å². The number of hydrogen-bond acceptors (Lipinski definition) is 5. The van der Waals surface area contributed by atoms with Crippen molar-refractivity contribution in [2.75, 3.05) is 17.8 Å². The normalized spacial score (nSPS) is 14.0. The monoisotopic (exact) mass is 484 g/mol. The Morgan fingerprint density at radius 2 is 1.76 bits per heavy atom. The first-order valence-electron chi connectivity index (χ1n) is 11.3. The van der Waals surface area contributed by atoms with Crippen molar-refractivity contribution in [3.8, 4) is 0 Å². The number of rotatable bonds is 7. The fourth-order valence-corrected chi connectivity index (χ4v) is 5.45. The van der Waals surface area contributed by atoms with Crippen molar-refractivity contribution in [1.82, 2.24) is 14.0 Å². The molecular formula is C24H28N4O5S. The second-order valence-corrected chi connectivity index (χ2v) is 10.1. The van der Waals surface area contributed by atoms with Gasteiger partial charge >= 0.3 is 5.69 Å². The number of fused-ring (bicyclic) bond motifs is 1. The highest BCUT2D eigenvalue weighted by molar-refractivity contribution is 7.92. The molecule has 1 saturated heterocycles. The number of nitrogens with one attached hydrogen (secondary N) is 1. The molecule has 0 radical (unpaired) electrons. The molecule has 1 amide bonds. The standard InChI is InChI=1S/C24H28N4O5S/c1-3-17-8-4-5-9-20(17)25-34(32,33)18-10-11-21-19(16-18)23(30)28(24(31)26(21)2)15-12-22(29)27-13-6-7-14-27/h4-5,8-11,16,25H,3,6-7,12-15H2,1-2H3. The average molecular weight is 485 g/mol. The molecule has 2 aromatic carbocycles. The van der Waals surface area contributed by atoms with Crippen molar-refractivity contribution < 1.29 is 13.2 Å². The van der Waals surface area contributed by atoms with Crippen LogP contribution in [0.4, 0.5) is 5.69 Å². The maximum absolute atomic E-state index is 13.2. The van der Waals surface area contributed by atoms with E-state index in [1.54, 1.807) is 17.0 Å². The van der Waals surface area contributed by atoms with Crippen LogP contribution in [0.15, 0.2) is 56.9 Å². The van der Waals surface area contributed by atoms with Gasteiger partial charge in [0.15, 0.2) is 0 Å². The molecule has 10 heteroatoms. The Balaban J connectivity index is 1.70. The van der Waals surface area contributed by atoms with Crippen LogP contribution in [0.25, 0.3) is 10.9 Å². The van der Waals surface area contributed by atoms with Crippen LogP contribution in [0.5, 0.6) is 0 Å². The summed E-state index contributed by atoms with van der Waals surface area (Å²) >= 11 is 0. The van der Waals surface area contributed by atoms with E-state index < -0.39 is 21.3 Å². The fraction of sp³-hybridized carbons (Fsp3) is 0.375. The molecule has 0 saturated carbocycles. The molecule has 180 valence electrons. The first-order chi connectivity index (χ1) is 16.2. The van der Waals surface area contributed by atoms with Gasteiger partial charge in [0.05, 0.1) is 21.5 Å². The first kappa shape index (κ1) is 23.7. The number of sulfonamides is 1. The van der Waals surface area contributed by atoms with Crippen molar-refractivity contribution >= 4 is 32.5 Å². The molecule has 3 aromatic rings. The van der Waals surface area contributed by atoms with E-state index in [0.717, 1.165) is 23.0 Å². The number of carbonyl (C=O) groups is 1. The number of amides is 1. The highest BCUT2D eigenvalue weighted by Gasteiger charge is 2.21. The Morgan fingerprint density at radius 1 is 1.06 bits per heavy atom. The summed E-state index contributed by atoms with van der Waals surface area (Å²) in [6, 6.07) is 11.2. The van der Waals surface area contributed by atoms with Gasteiger partial charge < -0.3 is 4.90 Å². The van der Waals surface area contributed by atoms with Gasteiger partial charge in [-0.05, 0) is 49.1 Å². The number of likely N-dealkylation sites (tertiary alicyclic amines) is 1. The molecule has 1 aliphatic heterocycles. The molecule has 4 rings (SSSR count). The van der Waals surface area contributed by atoms with Crippen LogP contribution in [0.1, 0.15) is 31.7 Å². The lowest BCUT2D eigenvalue weighted by Gasteiger charge is -2.16. The summed E-state index contributed by atoms with van der Waals surface area (Å²) in [5, 5.41) is 0.0994. The number of nitrogens with zero attached hydrogens (tertiary/aromatic N) is 3. The molecule has 2 heterocycles. The second-order valence-electron chi connectivity index (χ2n) is 8.43. The van der Waals surface area contributed by atoms with Gasteiger partial charge in [-0.1, -0.05) is 25.1 Å². The summed E-state index contributed by atoms with van der Waals surface area (Å²) in [7, 11) is -2.45. The Kier molecular flexibility index (Phi) is 6.60. The van der Waals surface area contributed by atoms with Gasteiger partial charge in [0.25, 0.3) is 15.6 Å². The summed E-state index contributed by atoms with van der Waals surface area (Å²) in [5.74, 6) is -0.0957. The van der Waals surface area contributed by atoms with Crippen LogP contribution in [0, 0.1) is 0 Å². The van der Waals surface area contributed by atoms with Gasteiger partial charge in [0.1, 0.15) is 0 Å². The van der Waals surface area contributed by atoms with Crippen molar-refractivity contribution in [3.05, 3.63) is 68.9 Å². The van der Waals surface area contributed by atoms with E-state index in [9.17, 15) is 22.8 Å². The number of aryl methyl sites for hydroxylation is 2. The van der Waals surface area contributed by atoms with Crippen molar-refractivity contribution in [2.24, 2.45) is 7.05 Å². The van der Waals surface area contributed by atoms with E-state index in [2.05, 4.69) is 4.72 Å². The number of hydrogen-bond donors (Lipinski definition) is 1. The predicted molar refractivity (Wildman–Crippen MR) is 131 cm³/mol. The summed E-state index contributed by atoms with van der Waals surface area (Å²) in [4.78, 5) is 40.1. The maximum Gasteiger partial charge on any atom is 0.331 e. The fourth-order valence-electron chi connectivity index (χ4n) is 4.32. The SMILES string of the molecule is CCc1ccccc1NS(=O)(=O)c1ccc2c(c1)c(=O)n(CCC(=O)N1CCCC1)c(=O)n2C. The van der Waals surface area contributed by atoms with E-state index in [-0.39, 0.29) is 29.2 Å². The first-order valence-corrected chi connectivity index (χ1v) is 12.8. The molecule has 9 nitrogen and oxygen atoms in total. The van der Waals surface area contributed by atoms with Gasteiger partial charge in [0, 0.05) is 33.1 Å². The third kappa shape index (κ3) is 4.50. The lowest BCUT2D eigenvalue weighted by Crippen LogP contribution is -2.40. The zero-order chi connectivity index (χ0) is 24.5. The van der Waals surface area contributed by atoms with E-state index >= 15 is 0 Å². The van der Waals surface area contributed by atoms with E-state index in [0.29, 0.717) is 30.7 Å². The van der Waals surface area contributed by atoms with Crippen LogP contribution >= 0.6 is 0 Å². The summed E-state index contributed by atoms with van der Waals surface area (Å²) in [6.07, 6.45) is 2.60. The molecule has 0 bridgehead atoms. The number of carbonyl (C=O) groups excluding carboxylic acids is 1. The minimum Gasteiger partial charge on any atom is -0.343 e. The molecule has 0 spiro atoms. The molecule has 0 atom stereocenters. The van der Waals surface area contributed by atoms with Crippen LogP contribution in [-0.4, -0.2) is 41.4 Å². The summed E-state index contributed by atoms with van der Waals surface area (Å²) in [6.45, 7) is 3.26. The number of aromatic nitrogens is 2. The third-order valence-electron chi connectivity index (χ3n) is 6.28. The van der Waals surface area contributed by atoms with Crippen molar-refractivity contribution in [2.45, 2.75) is 44.0 Å². The molecule has 1 N–H and O–H groups in total. The lowest BCUT2D eigenvalue weighted by molar-refractivity contribution is -0.130. The number of anilines is 1. The highest BCUT2D eigenvalue weighted by atomic mass is 32.2. The summed E-state index contributed by atoms with van der Waals surface area (Å²) in [5.41, 5.74) is 0.489. The van der Waals surface area contributed by atoms with Crippen LogP contribution in [-0.2, 0) is 34.8 Å². The minimum atomic E-state index is -3.97. The topological polar surface area (TPSA) is 110 Å². The van der Waals surface area contributed by atoms with Gasteiger partial charge in [-0.2, -0.15) is 0 Å². The lowest BCUT2D eigenvalue weighted by atomic mass is 10.1. The Morgan fingerprint density at radius 3 is 2.47 bits per heavy atom. The average Bonchev–Trinajstić information content (AvgIpc) is 3.37. The van der Waals surface area contributed by atoms with Crippen molar-refractivity contribution in [1.29, 1.82) is 0 Å². The highest BCUT2D eigenvalue weighted by Crippen LogP contribution is 2.22. The van der Waals surface area contributed by atoms with Gasteiger partial charge in [-0.25, -0.2) is 13.2 Å². The van der Waals surface area contributed by atoms with E-state index in [1.807, 2.05) is 19.1 Å². The number of benzene rings is 2. The summed E-state index contributed by atoms with van der Waals surface area (Å²) < 4.78 is 31.1. The molecule has 0 unspecified atom stereocenters. The minimum absolute atomic E-state index is 0.0357.